The molecule has 0 saturated carbocycles. The van der Waals surface area contributed by atoms with Crippen molar-refractivity contribution in [2.45, 2.75) is 12.6 Å². The number of carbonyl (C=O) groups is 2. The van der Waals surface area contributed by atoms with Gasteiger partial charge in [-0.15, -0.1) is 11.3 Å². The second-order valence-electron chi connectivity index (χ2n) is 6.71. The number of rotatable bonds is 3. The molecule has 3 aromatic rings. The summed E-state index contributed by atoms with van der Waals surface area (Å²) in [7, 11) is 0. The van der Waals surface area contributed by atoms with E-state index < -0.39 is 22.8 Å². The minimum absolute atomic E-state index is 0.0712. The van der Waals surface area contributed by atoms with Crippen molar-refractivity contribution in [3.8, 4) is 0 Å². The summed E-state index contributed by atoms with van der Waals surface area (Å²) >= 11 is 7.01. The molecule has 0 radical (unpaired) electrons. The van der Waals surface area contributed by atoms with Gasteiger partial charge in [-0.1, -0.05) is 17.7 Å². The molecule has 2 aromatic carbocycles. The molecule has 0 bridgehead atoms. The second-order valence-corrected chi connectivity index (χ2v) is 7.86. The number of benzene rings is 2. The Morgan fingerprint density at radius 1 is 1.09 bits per heavy atom. The molecule has 1 aromatic heterocycles. The normalized spacial score (nSPS) is 13.5. The largest absolute Gasteiger partial charge is 0.417 e. The number of nitrogens with zero attached hydrogens (tertiary/aromatic N) is 2. The van der Waals surface area contributed by atoms with Crippen LogP contribution in [0.15, 0.2) is 58.2 Å². The third kappa shape index (κ3) is 4.61. The van der Waals surface area contributed by atoms with E-state index in [-0.39, 0.29) is 18.0 Å². The van der Waals surface area contributed by atoms with Crippen LogP contribution in [-0.2, 0) is 11.0 Å². The van der Waals surface area contributed by atoms with Gasteiger partial charge in [0.05, 0.1) is 34.1 Å². The molecule has 0 unspecified atom stereocenters. The van der Waals surface area contributed by atoms with Gasteiger partial charge in [-0.05, 0) is 36.4 Å². The molecular formula is C21H14ClF3N4O2S. The Morgan fingerprint density at radius 3 is 2.59 bits per heavy atom. The Morgan fingerprint density at radius 2 is 1.84 bits per heavy atom. The molecule has 0 fully saturated rings. The van der Waals surface area contributed by atoms with Gasteiger partial charge in [0.1, 0.15) is 0 Å². The number of thiophene rings is 1. The summed E-state index contributed by atoms with van der Waals surface area (Å²) in [6.45, 7) is 0. The van der Waals surface area contributed by atoms with Crippen LogP contribution in [0.2, 0.25) is 5.02 Å². The van der Waals surface area contributed by atoms with Gasteiger partial charge < -0.3 is 10.6 Å². The van der Waals surface area contributed by atoms with Crippen LogP contribution in [0.25, 0.3) is 0 Å². The fraction of sp³-hybridized carbons (Fsp3) is 0.0952. The number of aliphatic imine (C=N–C) groups is 1. The van der Waals surface area contributed by atoms with Crippen LogP contribution >= 0.6 is 22.9 Å². The van der Waals surface area contributed by atoms with Crippen LogP contribution in [0.3, 0.4) is 0 Å². The van der Waals surface area contributed by atoms with Crippen molar-refractivity contribution in [1.29, 1.82) is 0 Å². The van der Waals surface area contributed by atoms with Crippen molar-refractivity contribution in [2.75, 3.05) is 15.5 Å². The summed E-state index contributed by atoms with van der Waals surface area (Å²) in [6.07, 6.45) is -2.98. The highest BCUT2D eigenvalue weighted by Crippen LogP contribution is 2.40. The van der Waals surface area contributed by atoms with Crippen LogP contribution in [0.5, 0.6) is 0 Å². The van der Waals surface area contributed by atoms with Gasteiger partial charge >= 0.3 is 12.2 Å². The van der Waals surface area contributed by atoms with E-state index in [1.165, 1.54) is 22.3 Å². The van der Waals surface area contributed by atoms with Crippen molar-refractivity contribution in [3.63, 3.8) is 0 Å². The molecule has 1 aliphatic heterocycles. The maximum absolute atomic E-state index is 13.0. The lowest BCUT2D eigenvalue weighted by atomic mass is 10.2. The van der Waals surface area contributed by atoms with E-state index in [9.17, 15) is 22.8 Å². The maximum Gasteiger partial charge on any atom is 0.417 e. The first-order chi connectivity index (χ1) is 15.2. The van der Waals surface area contributed by atoms with Crippen LogP contribution in [0.1, 0.15) is 12.0 Å². The lowest BCUT2D eigenvalue weighted by molar-refractivity contribution is -0.137. The summed E-state index contributed by atoms with van der Waals surface area (Å²) in [6, 6.07) is 8.88. The van der Waals surface area contributed by atoms with E-state index >= 15 is 0 Å². The number of hydrogen-bond acceptors (Lipinski definition) is 4. The van der Waals surface area contributed by atoms with Gasteiger partial charge in [-0.25, -0.2) is 4.79 Å². The first kappa shape index (κ1) is 21.8. The van der Waals surface area contributed by atoms with Crippen LogP contribution in [-0.4, -0.2) is 18.2 Å². The summed E-state index contributed by atoms with van der Waals surface area (Å²) in [4.78, 5) is 30.8. The summed E-state index contributed by atoms with van der Waals surface area (Å²) in [5.74, 6) is -0.187. The minimum atomic E-state index is -4.65. The van der Waals surface area contributed by atoms with E-state index in [0.29, 0.717) is 22.7 Å². The number of urea groups is 1. The predicted molar refractivity (Wildman–Crippen MR) is 120 cm³/mol. The van der Waals surface area contributed by atoms with Gasteiger partial charge in [0.25, 0.3) is 0 Å². The first-order valence-electron chi connectivity index (χ1n) is 9.19. The van der Waals surface area contributed by atoms with Gasteiger partial charge in [0, 0.05) is 28.3 Å². The van der Waals surface area contributed by atoms with E-state index in [1.54, 1.807) is 30.5 Å². The molecule has 11 heteroatoms. The zero-order chi connectivity index (χ0) is 22.9. The fourth-order valence-electron chi connectivity index (χ4n) is 3.11. The summed E-state index contributed by atoms with van der Waals surface area (Å²) in [5.41, 5.74) is 1.05. The molecule has 0 aliphatic carbocycles. The number of amides is 3. The summed E-state index contributed by atoms with van der Waals surface area (Å²) < 4.78 is 39.1. The third-order valence-electron chi connectivity index (χ3n) is 4.50. The number of hydrogen-bond donors (Lipinski definition) is 2. The summed E-state index contributed by atoms with van der Waals surface area (Å²) in [5, 5.41) is 8.08. The molecule has 3 amide bonds. The zero-order valence-electron chi connectivity index (χ0n) is 16.1. The van der Waals surface area contributed by atoms with Gasteiger partial charge in [0.15, 0.2) is 0 Å². The topological polar surface area (TPSA) is 73.8 Å². The van der Waals surface area contributed by atoms with E-state index in [2.05, 4.69) is 15.6 Å². The van der Waals surface area contributed by atoms with Crippen molar-refractivity contribution in [3.05, 3.63) is 63.8 Å². The number of anilines is 4. The Kier molecular flexibility index (Phi) is 5.90. The number of halogens is 4. The quantitative estimate of drug-likeness (QED) is 0.432. The van der Waals surface area contributed by atoms with Crippen molar-refractivity contribution in [1.82, 2.24) is 0 Å². The Bertz CT molecular complexity index is 1230. The molecule has 0 spiro atoms. The Labute approximate surface area is 189 Å². The molecule has 6 nitrogen and oxygen atoms in total. The molecule has 2 N–H and O–H groups in total. The first-order valence-corrected chi connectivity index (χ1v) is 10.5. The van der Waals surface area contributed by atoms with Crippen LogP contribution < -0.4 is 15.5 Å². The molecule has 164 valence electrons. The SMILES string of the molecule is O=C(Nc1cccc(N2C(=O)CC=Nc3cscc32)c1)Nc1ccc(Cl)c(C(F)(F)F)c1. The van der Waals surface area contributed by atoms with Crippen molar-refractivity contribution < 1.29 is 22.8 Å². The van der Waals surface area contributed by atoms with Gasteiger partial charge in [0.2, 0.25) is 5.91 Å². The molecule has 0 saturated heterocycles. The average Bonchev–Trinajstić information content (AvgIpc) is 3.11. The van der Waals surface area contributed by atoms with E-state index in [1.807, 2.05) is 10.8 Å². The second kappa shape index (κ2) is 8.64. The smallest absolute Gasteiger partial charge is 0.308 e. The standard InChI is InChI=1S/C21H14ClF3N4O2S/c22-16-5-4-13(9-15(16)21(23,24)25)28-20(31)27-12-2-1-3-14(8-12)29-18-11-32-10-17(18)26-7-6-19(29)30/h1-5,7-11H,6H2,(H2,27,28,31). The van der Waals surface area contributed by atoms with Gasteiger partial charge in [-0.2, -0.15) is 13.2 Å². The van der Waals surface area contributed by atoms with Crippen LogP contribution in [0.4, 0.5) is 46.4 Å². The highest BCUT2D eigenvalue weighted by molar-refractivity contribution is 7.09. The number of carbonyl (C=O) groups excluding carboxylic acids is 2. The van der Waals surface area contributed by atoms with E-state index in [0.717, 1.165) is 12.1 Å². The molecule has 4 rings (SSSR count). The molecule has 1 aliphatic rings. The van der Waals surface area contributed by atoms with Gasteiger partial charge in [-0.3, -0.25) is 14.7 Å². The number of nitrogens with one attached hydrogen (secondary N) is 2. The average molecular weight is 479 g/mol. The lowest BCUT2D eigenvalue weighted by Gasteiger charge is -2.21. The molecular weight excluding hydrogens is 465 g/mol. The highest BCUT2D eigenvalue weighted by Gasteiger charge is 2.33. The Balaban J connectivity index is 1.53. The highest BCUT2D eigenvalue weighted by atomic mass is 35.5. The Hall–Kier alpha value is -3.37. The van der Waals surface area contributed by atoms with Crippen molar-refractivity contribution >= 4 is 69.5 Å². The molecule has 2 heterocycles. The monoisotopic (exact) mass is 478 g/mol. The minimum Gasteiger partial charge on any atom is -0.308 e. The van der Waals surface area contributed by atoms with Crippen molar-refractivity contribution in [2.24, 2.45) is 4.99 Å². The zero-order valence-corrected chi connectivity index (χ0v) is 17.7. The molecule has 0 atom stereocenters. The number of fused-ring (bicyclic) bond motifs is 1. The fourth-order valence-corrected chi connectivity index (χ4v) is 4.07. The predicted octanol–water partition coefficient (Wildman–Crippen LogP) is 6.84. The van der Waals surface area contributed by atoms with E-state index in [4.69, 9.17) is 11.6 Å². The third-order valence-corrected chi connectivity index (χ3v) is 5.55. The molecule has 32 heavy (non-hydrogen) atoms. The maximum atomic E-state index is 13.0. The van der Waals surface area contributed by atoms with Crippen LogP contribution in [0, 0.1) is 0 Å². The lowest BCUT2D eigenvalue weighted by Crippen LogP contribution is -2.25. The number of alkyl halides is 3.